The molecule has 0 aromatic heterocycles. The number of urea groups is 1. The van der Waals surface area contributed by atoms with Crippen LogP contribution in [0.5, 0.6) is 5.75 Å². The molecular formula is C16H26N2O2. The van der Waals surface area contributed by atoms with Gasteiger partial charge in [-0.25, -0.2) is 4.79 Å². The van der Waals surface area contributed by atoms with E-state index in [1.165, 1.54) is 0 Å². The number of carbonyl (C=O) groups excluding carboxylic acids is 1. The first kappa shape index (κ1) is 16.3. The van der Waals surface area contributed by atoms with Gasteiger partial charge in [-0.1, -0.05) is 38.0 Å². The van der Waals surface area contributed by atoms with Crippen LogP contribution in [-0.2, 0) is 0 Å². The number of rotatable bonds is 8. The maximum Gasteiger partial charge on any atom is 0.314 e. The van der Waals surface area contributed by atoms with Crippen molar-refractivity contribution in [1.29, 1.82) is 0 Å². The number of unbranched alkanes of at least 4 members (excludes halogenated alkanes) is 2. The highest BCUT2D eigenvalue weighted by molar-refractivity contribution is 5.73. The van der Waals surface area contributed by atoms with Crippen molar-refractivity contribution in [2.24, 2.45) is 0 Å². The van der Waals surface area contributed by atoms with Crippen molar-refractivity contribution in [1.82, 2.24) is 10.6 Å². The van der Waals surface area contributed by atoms with E-state index in [9.17, 15) is 4.79 Å². The van der Waals surface area contributed by atoms with Gasteiger partial charge in [-0.2, -0.15) is 0 Å². The number of hydrogen-bond donors (Lipinski definition) is 2. The van der Waals surface area contributed by atoms with E-state index in [1.807, 2.05) is 32.0 Å². The highest BCUT2D eigenvalue weighted by Gasteiger charge is 2.03. The lowest BCUT2D eigenvalue weighted by Crippen LogP contribution is -2.38. The monoisotopic (exact) mass is 278 g/mol. The number of hydrogen-bond acceptors (Lipinski definition) is 2. The van der Waals surface area contributed by atoms with Crippen molar-refractivity contribution in [2.45, 2.75) is 40.0 Å². The zero-order valence-corrected chi connectivity index (χ0v) is 12.8. The molecule has 0 saturated carbocycles. The molecule has 0 atom stereocenters. The molecule has 112 valence electrons. The number of benzene rings is 1. The summed E-state index contributed by atoms with van der Waals surface area (Å²) in [5.74, 6) is 0.914. The highest BCUT2D eigenvalue weighted by atomic mass is 16.5. The summed E-state index contributed by atoms with van der Waals surface area (Å²) < 4.78 is 5.72. The third kappa shape index (κ3) is 5.95. The Morgan fingerprint density at radius 3 is 2.40 bits per heavy atom. The van der Waals surface area contributed by atoms with Crippen molar-refractivity contribution in [3.63, 3.8) is 0 Å². The Balaban J connectivity index is 2.17. The van der Waals surface area contributed by atoms with E-state index in [-0.39, 0.29) is 6.03 Å². The fraction of sp³-hybridized carbons (Fsp3) is 0.562. The average molecular weight is 278 g/mol. The molecule has 0 unspecified atom stereocenters. The Hall–Kier alpha value is -1.71. The lowest BCUT2D eigenvalue weighted by Gasteiger charge is -2.12. The van der Waals surface area contributed by atoms with Gasteiger partial charge in [0, 0.05) is 6.54 Å². The van der Waals surface area contributed by atoms with Crippen LogP contribution >= 0.6 is 0 Å². The maximum atomic E-state index is 11.5. The minimum absolute atomic E-state index is 0.119. The molecule has 2 N–H and O–H groups in total. The Bertz CT molecular complexity index is 399. The molecular weight excluding hydrogens is 252 g/mol. The Morgan fingerprint density at radius 1 is 1.10 bits per heavy atom. The van der Waals surface area contributed by atoms with E-state index in [2.05, 4.69) is 17.6 Å². The van der Waals surface area contributed by atoms with Crippen LogP contribution in [0.4, 0.5) is 4.79 Å². The molecule has 0 fully saturated rings. The van der Waals surface area contributed by atoms with Crippen molar-refractivity contribution in [3.8, 4) is 5.75 Å². The quantitative estimate of drug-likeness (QED) is 0.718. The molecule has 0 aliphatic rings. The van der Waals surface area contributed by atoms with Crippen molar-refractivity contribution < 1.29 is 9.53 Å². The van der Waals surface area contributed by atoms with E-state index < -0.39 is 0 Å². The van der Waals surface area contributed by atoms with Gasteiger partial charge in [-0.3, -0.25) is 0 Å². The number of aryl methyl sites for hydroxylation is 2. The van der Waals surface area contributed by atoms with E-state index in [1.54, 1.807) is 0 Å². The molecule has 0 saturated heterocycles. The summed E-state index contributed by atoms with van der Waals surface area (Å²) in [4.78, 5) is 11.5. The van der Waals surface area contributed by atoms with Crippen LogP contribution in [0.25, 0.3) is 0 Å². The maximum absolute atomic E-state index is 11.5. The summed E-state index contributed by atoms with van der Waals surface area (Å²) in [7, 11) is 0. The second-order valence-corrected chi connectivity index (χ2v) is 4.96. The summed E-state index contributed by atoms with van der Waals surface area (Å²) in [6.07, 6.45) is 3.34. The van der Waals surface area contributed by atoms with Crippen LogP contribution in [0.15, 0.2) is 18.2 Å². The Kier molecular flexibility index (Phi) is 7.55. The molecule has 0 heterocycles. The van der Waals surface area contributed by atoms with Gasteiger partial charge in [0.15, 0.2) is 0 Å². The number of amides is 2. The summed E-state index contributed by atoms with van der Waals surface area (Å²) in [6, 6.07) is 5.94. The first-order valence-electron chi connectivity index (χ1n) is 7.36. The summed E-state index contributed by atoms with van der Waals surface area (Å²) in [5, 5.41) is 5.63. The fourth-order valence-corrected chi connectivity index (χ4v) is 1.98. The number of para-hydroxylation sites is 1. The molecule has 0 radical (unpaired) electrons. The van der Waals surface area contributed by atoms with Gasteiger partial charge in [0.2, 0.25) is 0 Å². The van der Waals surface area contributed by atoms with Crippen molar-refractivity contribution in [3.05, 3.63) is 29.3 Å². The number of carbonyl (C=O) groups is 1. The topological polar surface area (TPSA) is 50.4 Å². The van der Waals surface area contributed by atoms with Crippen molar-refractivity contribution in [2.75, 3.05) is 19.7 Å². The third-order valence-corrected chi connectivity index (χ3v) is 3.11. The first-order valence-corrected chi connectivity index (χ1v) is 7.36. The second-order valence-electron chi connectivity index (χ2n) is 4.96. The molecule has 4 heteroatoms. The molecule has 0 spiro atoms. The van der Waals surface area contributed by atoms with E-state index in [4.69, 9.17) is 4.74 Å². The summed E-state index contributed by atoms with van der Waals surface area (Å²) in [5.41, 5.74) is 2.24. The molecule has 1 aromatic carbocycles. The van der Waals surface area contributed by atoms with Gasteiger partial charge >= 0.3 is 6.03 Å². The molecule has 0 bridgehead atoms. The fourth-order valence-electron chi connectivity index (χ4n) is 1.98. The van der Waals surface area contributed by atoms with Crippen LogP contribution in [0.1, 0.15) is 37.3 Å². The molecule has 4 nitrogen and oxygen atoms in total. The second kappa shape index (κ2) is 9.23. The van der Waals surface area contributed by atoms with Gasteiger partial charge in [0.05, 0.1) is 6.54 Å². The number of nitrogens with one attached hydrogen (secondary N) is 2. The largest absolute Gasteiger partial charge is 0.491 e. The van der Waals surface area contributed by atoms with Gasteiger partial charge in [0.1, 0.15) is 12.4 Å². The predicted octanol–water partition coefficient (Wildman–Crippen LogP) is 3.17. The van der Waals surface area contributed by atoms with E-state index in [0.717, 1.165) is 42.7 Å². The Labute approximate surface area is 121 Å². The SMILES string of the molecule is CCCCCNC(=O)NCCOc1c(C)cccc1C. The van der Waals surface area contributed by atoms with Crippen LogP contribution in [-0.4, -0.2) is 25.7 Å². The zero-order chi connectivity index (χ0) is 14.8. The van der Waals surface area contributed by atoms with Crippen LogP contribution in [0.2, 0.25) is 0 Å². The van der Waals surface area contributed by atoms with Gasteiger partial charge in [-0.15, -0.1) is 0 Å². The van der Waals surface area contributed by atoms with Crippen LogP contribution < -0.4 is 15.4 Å². The van der Waals surface area contributed by atoms with E-state index in [0.29, 0.717) is 13.2 Å². The number of ether oxygens (including phenoxy) is 1. The zero-order valence-electron chi connectivity index (χ0n) is 12.8. The van der Waals surface area contributed by atoms with Gasteiger partial charge in [-0.05, 0) is 31.4 Å². The van der Waals surface area contributed by atoms with Gasteiger partial charge < -0.3 is 15.4 Å². The van der Waals surface area contributed by atoms with E-state index >= 15 is 0 Å². The van der Waals surface area contributed by atoms with Crippen LogP contribution in [0, 0.1) is 13.8 Å². The standard InChI is InChI=1S/C16H26N2O2/c1-4-5-6-10-17-16(19)18-11-12-20-15-13(2)8-7-9-14(15)3/h7-9H,4-6,10-12H2,1-3H3,(H2,17,18,19). The van der Waals surface area contributed by atoms with Gasteiger partial charge in [0.25, 0.3) is 0 Å². The lowest BCUT2D eigenvalue weighted by atomic mass is 10.1. The lowest BCUT2D eigenvalue weighted by molar-refractivity contribution is 0.236. The predicted molar refractivity (Wildman–Crippen MR) is 82.3 cm³/mol. The summed E-state index contributed by atoms with van der Waals surface area (Å²) >= 11 is 0. The highest BCUT2D eigenvalue weighted by Crippen LogP contribution is 2.21. The minimum atomic E-state index is -0.119. The molecule has 0 aliphatic heterocycles. The average Bonchev–Trinajstić information content (AvgIpc) is 2.42. The molecule has 1 rings (SSSR count). The summed E-state index contributed by atoms with van der Waals surface area (Å²) in [6.45, 7) is 7.91. The first-order chi connectivity index (χ1) is 9.65. The smallest absolute Gasteiger partial charge is 0.314 e. The normalized spacial score (nSPS) is 10.2. The molecule has 20 heavy (non-hydrogen) atoms. The molecule has 0 aliphatic carbocycles. The minimum Gasteiger partial charge on any atom is -0.491 e. The van der Waals surface area contributed by atoms with Crippen LogP contribution in [0.3, 0.4) is 0 Å². The van der Waals surface area contributed by atoms with Crippen molar-refractivity contribution >= 4 is 6.03 Å². The Morgan fingerprint density at radius 2 is 1.75 bits per heavy atom. The molecule has 1 aromatic rings. The molecule has 2 amide bonds. The third-order valence-electron chi connectivity index (χ3n) is 3.11.